The maximum atomic E-state index is 13.9. The third-order valence-corrected chi connectivity index (χ3v) is 9.30. The zero-order valence-corrected chi connectivity index (χ0v) is 21.7. The summed E-state index contributed by atoms with van der Waals surface area (Å²) >= 11 is 0. The number of rotatable bonds is 6. The summed E-state index contributed by atoms with van der Waals surface area (Å²) in [5, 5.41) is 4.28. The van der Waals surface area contributed by atoms with Gasteiger partial charge in [0.2, 0.25) is 0 Å². The standard InChI is InChI=1S/C29H32N4O3S/c34-37(35,26-4-2-1-3-5-26)33-25(21-32-16-18-36-19-17-32)20-27-28(33)12-15-31-29(27)24-8-6-22(7-9-24)23-10-13-30-14-11-23/h1-9,12,15,20,23,30H,10-11,13-14,16-19,21H2. The van der Waals surface area contributed by atoms with Gasteiger partial charge in [0.15, 0.2) is 0 Å². The molecule has 7 nitrogen and oxygen atoms in total. The summed E-state index contributed by atoms with van der Waals surface area (Å²) in [6.45, 7) is 5.50. The third-order valence-electron chi connectivity index (χ3n) is 7.52. The lowest BCUT2D eigenvalue weighted by Gasteiger charge is -2.27. The first-order valence-corrected chi connectivity index (χ1v) is 14.5. The van der Waals surface area contributed by atoms with Crippen molar-refractivity contribution in [2.45, 2.75) is 30.2 Å². The van der Waals surface area contributed by atoms with Gasteiger partial charge in [-0.05, 0) is 61.7 Å². The van der Waals surface area contributed by atoms with Crippen LogP contribution in [0, 0.1) is 0 Å². The Balaban J connectivity index is 1.45. The molecule has 8 heteroatoms. The normalized spacial score (nSPS) is 17.8. The van der Waals surface area contributed by atoms with Crippen molar-refractivity contribution in [2.75, 3.05) is 39.4 Å². The molecule has 0 spiro atoms. The Labute approximate surface area is 218 Å². The minimum Gasteiger partial charge on any atom is -0.379 e. The van der Waals surface area contributed by atoms with E-state index < -0.39 is 10.0 Å². The largest absolute Gasteiger partial charge is 0.379 e. The lowest BCUT2D eigenvalue weighted by Crippen LogP contribution is -2.36. The van der Waals surface area contributed by atoms with Crippen LogP contribution in [0.5, 0.6) is 0 Å². The molecule has 0 bridgehead atoms. The van der Waals surface area contributed by atoms with Gasteiger partial charge >= 0.3 is 0 Å². The van der Waals surface area contributed by atoms with Crippen molar-refractivity contribution >= 4 is 20.9 Å². The van der Waals surface area contributed by atoms with Crippen molar-refractivity contribution < 1.29 is 13.2 Å². The molecular weight excluding hydrogens is 484 g/mol. The number of hydrogen-bond acceptors (Lipinski definition) is 6. The monoisotopic (exact) mass is 516 g/mol. The fourth-order valence-electron chi connectivity index (χ4n) is 5.54. The van der Waals surface area contributed by atoms with E-state index in [2.05, 4.69) is 34.5 Å². The van der Waals surface area contributed by atoms with Crippen LogP contribution in [0.25, 0.3) is 22.2 Å². The number of nitrogens with zero attached hydrogens (tertiary/aromatic N) is 3. The van der Waals surface area contributed by atoms with Gasteiger partial charge in [0, 0.05) is 42.5 Å². The Morgan fingerprint density at radius 3 is 2.41 bits per heavy atom. The summed E-state index contributed by atoms with van der Waals surface area (Å²) < 4.78 is 34.9. The molecule has 0 amide bonds. The smallest absolute Gasteiger partial charge is 0.268 e. The van der Waals surface area contributed by atoms with Crippen LogP contribution in [-0.2, 0) is 21.3 Å². The second kappa shape index (κ2) is 10.4. The van der Waals surface area contributed by atoms with E-state index in [0.717, 1.165) is 61.4 Å². The SMILES string of the molecule is O=S(=O)(c1ccccc1)n1c(CN2CCOCC2)cc2c(-c3ccc(C4CCNCC4)cc3)nccc21. The highest BCUT2D eigenvalue weighted by Crippen LogP contribution is 2.34. The minimum absolute atomic E-state index is 0.278. The summed E-state index contributed by atoms with van der Waals surface area (Å²) in [7, 11) is -3.80. The zero-order valence-electron chi connectivity index (χ0n) is 20.8. The van der Waals surface area contributed by atoms with Crippen LogP contribution in [0.2, 0.25) is 0 Å². The predicted octanol–water partition coefficient (Wildman–Crippen LogP) is 4.24. The van der Waals surface area contributed by atoms with Gasteiger partial charge in [0.1, 0.15) is 0 Å². The van der Waals surface area contributed by atoms with Gasteiger partial charge < -0.3 is 10.1 Å². The molecule has 0 radical (unpaired) electrons. The second-order valence-electron chi connectivity index (χ2n) is 9.85. The molecule has 0 aliphatic carbocycles. The summed E-state index contributed by atoms with van der Waals surface area (Å²) in [5.41, 5.74) is 4.55. The number of morpholine rings is 1. The van der Waals surface area contributed by atoms with Gasteiger partial charge in [-0.3, -0.25) is 9.88 Å². The lowest BCUT2D eigenvalue weighted by atomic mass is 9.89. The zero-order chi connectivity index (χ0) is 25.2. The Morgan fingerprint density at radius 1 is 0.946 bits per heavy atom. The van der Waals surface area contributed by atoms with Crippen molar-refractivity contribution in [3.8, 4) is 11.3 Å². The molecule has 2 aromatic heterocycles. The Bertz CT molecular complexity index is 1470. The van der Waals surface area contributed by atoms with Crippen LogP contribution >= 0.6 is 0 Å². The number of benzene rings is 2. The van der Waals surface area contributed by atoms with E-state index in [1.54, 1.807) is 30.5 Å². The van der Waals surface area contributed by atoms with Gasteiger partial charge in [0.25, 0.3) is 10.0 Å². The molecule has 4 aromatic rings. The molecule has 0 atom stereocenters. The number of aromatic nitrogens is 2. The number of hydrogen-bond donors (Lipinski definition) is 1. The topological polar surface area (TPSA) is 76.5 Å². The molecule has 0 saturated carbocycles. The van der Waals surface area contributed by atoms with Crippen LogP contribution in [0.4, 0.5) is 0 Å². The van der Waals surface area contributed by atoms with Crippen LogP contribution in [0.3, 0.4) is 0 Å². The third kappa shape index (κ3) is 4.82. The Hall–Kier alpha value is -3.04. The summed E-state index contributed by atoms with van der Waals surface area (Å²) in [4.78, 5) is 7.25. The Kier molecular flexibility index (Phi) is 6.82. The van der Waals surface area contributed by atoms with Crippen molar-refractivity contribution in [3.05, 3.63) is 84.2 Å². The average Bonchev–Trinajstić information content (AvgIpc) is 3.33. The molecule has 6 rings (SSSR count). The highest BCUT2D eigenvalue weighted by Gasteiger charge is 2.26. The molecule has 2 aromatic carbocycles. The van der Waals surface area contributed by atoms with Crippen LogP contribution in [0.15, 0.2) is 77.8 Å². The van der Waals surface area contributed by atoms with Gasteiger partial charge in [-0.25, -0.2) is 12.4 Å². The average molecular weight is 517 g/mol. The second-order valence-corrected chi connectivity index (χ2v) is 11.6. The molecule has 0 unspecified atom stereocenters. The van der Waals surface area contributed by atoms with E-state index >= 15 is 0 Å². The molecule has 4 heterocycles. The predicted molar refractivity (Wildman–Crippen MR) is 145 cm³/mol. The van der Waals surface area contributed by atoms with Crippen molar-refractivity contribution in [1.29, 1.82) is 0 Å². The van der Waals surface area contributed by atoms with E-state index in [0.29, 0.717) is 31.2 Å². The highest BCUT2D eigenvalue weighted by atomic mass is 32.2. The molecule has 2 fully saturated rings. The van der Waals surface area contributed by atoms with Crippen LogP contribution in [0.1, 0.15) is 30.0 Å². The number of fused-ring (bicyclic) bond motifs is 1. The first-order chi connectivity index (χ1) is 18.1. The number of nitrogens with one attached hydrogen (secondary N) is 1. The molecule has 2 aliphatic rings. The minimum atomic E-state index is -3.80. The van der Waals surface area contributed by atoms with Crippen molar-refractivity contribution in [2.24, 2.45) is 0 Å². The molecule has 1 N–H and O–H groups in total. The quantitative estimate of drug-likeness (QED) is 0.413. The van der Waals surface area contributed by atoms with Crippen LogP contribution < -0.4 is 5.32 Å². The van der Waals surface area contributed by atoms with Gasteiger partial charge in [-0.1, -0.05) is 42.5 Å². The maximum Gasteiger partial charge on any atom is 0.268 e. The molecule has 37 heavy (non-hydrogen) atoms. The number of pyridine rings is 1. The lowest BCUT2D eigenvalue weighted by molar-refractivity contribution is 0.0336. The number of piperidine rings is 1. The molecular formula is C29H32N4O3S. The van der Waals surface area contributed by atoms with E-state index in [4.69, 9.17) is 9.72 Å². The molecule has 192 valence electrons. The Morgan fingerprint density at radius 2 is 1.68 bits per heavy atom. The molecule has 2 saturated heterocycles. The fourth-order valence-corrected chi connectivity index (χ4v) is 7.09. The van der Waals surface area contributed by atoms with E-state index in [-0.39, 0.29) is 4.90 Å². The first-order valence-electron chi connectivity index (χ1n) is 13.0. The molecule has 2 aliphatic heterocycles. The number of ether oxygens (including phenoxy) is 1. The van der Waals surface area contributed by atoms with E-state index in [1.807, 2.05) is 18.2 Å². The highest BCUT2D eigenvalue weighted by molar-refractivity contribution is 7.90. The van der Waals surface area contributed by atoms with E-state index in [1.165, 1.54) is 9.54 Å². The van der Waals surface area contributed by atoms with Gasteiger partial charge in [-0.2, -0.15) is 0 Å². The van der Waals surface area contributed by atoms with Crippen LogP contribution in [-0.4, -0.2) is 61.7 Å². The van der Waals surface area contributed by atoms with Gasteiger partial charge in [0.05, 0.1) is 29.3 Å². The first kappa shape index (κ1) is 24.3. The van der Waals surface area contributed by atoms with Crippen molar-refractivity contribution in [3.63, 3.8) is 0 Å². The summed E-state index contributed by atoms with van der Waals surface area (Å²) in [6, 6.07) is 21.2. The fraction of sp³-hybridized carbons (Fsp3) is 0.345. The van der Waals surface area contributed by atoms with Gasteiger partial charge in [-0.15, -0.1) is 0 Å². The maximum absolute atomic E-state index is 13.9. The summed E-state index contributed by atoms with van der Waals surface area (Å²) in [5.74, 6) is 0.580. The van der Waals surface area contributed by atoms with Crippen molar-refractivity contribution in [1.82, 2.24) is 19.2 Å². The van der Waals surface area contributed by atoms with E-state index in [9.17, 15) is 8.42 Å². The summed E-state index contributed by atoms with van der Waals surface area (Å²) in [6.07, 6.45) is 4.02.